The molecule has 0 fully saturated rings. The van der Waals surface area contributed by atoms with Gasteiger partial charge >= 0.3 is 5.97 Å². The third kappa shape index (κ3) is 3.07. The van der Waals surface area contributed by atoms with Gasteiger partial charge in [0.15, 0.2) is 6.04 Å². The number of H-pyrrole nitrogens is 1. The molecular formula is C7H13Cl2N3O3. The fraction of sp³-hybridized carbons (Fsp3) is 0.429. The Labute approximate surface area is 98.6 Å². The lowest BCUT2D eigenvalue weighted by molar-refractivity contribution is -0.139. The van der Waals surface area contributed by atoms with Crippen LogP contribution >= 0.6 is 24.8 Å². The summed E-state index contributed by atoms with van der Waals surface area (Å²) in [7, 11) is 0. The molecule has 0 saturated heterocycles. The normalized spacial score (nSPS) is 17.5. The predicted molar refractivity (Wildman–Crippen MR) is 58.8 cm³/mol. The number of aromatic nitrogens is 2. The third-order valence-electron chi connectivity index (χ3n) is 2.00. The van der Waals surface area contributed by atoms with Crippen molar-refractivity contribution in [2.24, 2.45) is 0 Å². The van der Waals surface area contributed by atoms with E-state index in [0.717, 1.165) is 12.1 Å². The second kappa shape index (κ2) is 6.62. The van der Waals surface area contributed by atoms with Gasteiger partial charge in [0.25, 0.3) is 0 Å². The van der Waals surface area contributed by atoms with E-state index in [4.69, 9.17) is 5.11 Å². The summed E-state index contributed by atoms with van der Waals surface area (Å²) in [5.41, 5.74) is 1.55. The highest BCUT2D eigenvalue weighted by atomic mass is 35.5. The summed E-state index contributed by atoms with van der Waals surface area (Å²) in [4.78, 5) is 17.6. The zero-order valence-electron chi connectivity index (χ0n) is 7.69. The number of carbonyl (C=O) groups is 1. The van der Waals surface area contributed by atoms with Gasteiger partial charge < -0.3 is 15.6 Å². The lowest BCUT2D eigenvalue weighted by Gasteiger charge is -2.18. The first-order chi connectivity index (χ1) is 5.79. The van der Waals surface area contributed by atoms with E-state index in [0.29, 0.717) is 12.2 Å². The molecule has 8 heteroatoms. The second-order valence-corrected chi connectivity index (χ2v) is 2.74. The molecular weight excluding hydrogens is 245 g/mol. The Morgan fingerprint density at radius 2 is 2.20 bits per heavy atom. The van der Waals surface area contributed by atoms with Crippen molar-refractivity contribution in [2.45, 2.75) is 12.5 Å². The van der Waals surface area contributed by atoms with Crippen molar-refractivity contribution in [2.75, 3.05) is 6.54 Å². The highest BCUT2D eigenvalue weighted by Gasteiger charge is 2.27. The van der Waals surface area contributed by atoms with Gasteiger partial charge in [-0.05, 0) is 0 Å². The summed E-state index contributed by atoms with van der Waals surface area (Å²) < 4.78 is 0. The maximum Gasteiger partial charge on any atom is 0.327 e. The van der Waals surface area contributed by atoms with Crippen LogP contribution < -0.4 is 5.32 Å². The van der Waals surface area contributed by atoms with E-state index in [-0.39, 0.29) is 30.3 Å². The van der Waals surface area contributed by atoms with E-state index in [2.05, 4.69) is 15.3 Å². The quantitative estimate of drug-likeness (QED) is 0.642. The van der Waals surface area contributed by atoms with Crippen molar-refractivity contribution in [3.63, 3.8) is 0 Å². The van der Waals surface area contributed by atoms with Gasteiger partial charge in [-0.3, -0.25) is 10.1 Å². The number of rotatable bonds is 1. The number of hydrogen-bond acceptors (Lipinski definition) is 3. The first-order valence-corrected chi connectivity index (χ1v) is 3.77. The molecule has 1 aliphatic rings. The number of halogens is 2. The molecule has 1 unspecified atom stereocenters. The fourth-order valence-corrected chi connectivity index (χ4v) is 1.42. The van der Waals surface area contributed by atoms with Crippen LogP contribution in [0.25, 0.3) is 0 Å². The van der Waals surface area contributed by atoms with Crippen LogP contribution in [-0.2, 0) is 11.2 Å². The van der Waals surface area contributed by atoms with Crippen molar-refractivity contribution in [3.05, 3.63) is 17.7 Å². The molecule has 0 aromatic carbocycles. The van der Waals surface area contributed by atoms with Gasteiger partial charge in [-0.2, -0.15) is 0 Å². The number of nitrogens with zero attached hydrogens (tertiary/aromatic N) is 1. The standard InChI is InChI=1S/C7H9N3O2.2ClH.H2O/c11-7(12)6-5-4(1-2-8-6)9-3-10-5;;;/h3,6,8H,1-2H2,(H,9,10)(H,11,12);2*1H;1H2. The van der Waals surface area contributed by atoms with Gasteiger partial charge in [-0.15, -0.1) is 24.8 Å². The SMILES string of the molecule is Cl.Cl.O.O=C(O)C1NCCc2[nH]cnc21. The Morgan fingerprint density at radius 1 is 1.53 bits per heavy atom. The molecule has 5 N–H and O–H groups in total. The number of imidazole rings is 1. The summed E-state index contributed by atoms with van der Waals surface area (Å²) in [6, 6.07) is -0.639. The molecule has 0 amide bonds. The van der Waals surface area contributed by atoms with Gasteiger partial charge in [-0.25, -0.2) is 4.98 Å². The van der Waals surface area contributed by atoms with Crippen LogP contribution in [0.2, 0.25) is 0 Å². The molecule has 2 heterocycles. The van der Waals surface area contributed by atoms with E-state index in [1.165, 1.54) is 6.33 Å². The van der Waals surface area contributed by atoms with Crippen molar-refractivity contribution < 1.29 is 15.4 Å². The molecule has 1 atom stereocenters. The summed E-state index contributed by atoms with van der Waals surface area (Å²) in [5, 5.41) is 11.7. The van der Waals surface area contributed by atoms with Gasteiger partial charge in [0.05, 0.1) is 12.0 Å². The number of hydrogen-bond donors (Lipinski definition) is 3. The van der Waals surface area contributed by atoms with Gasteiger partial charge in [-0.1, -0.05) is 0 Å². The molecule has 1 aromatic rings. The van der Waals surface area contributed by atoms with E-state index in [1.807, 2.05) is 0 Å². The molecule has 15 heavy (non-hydrogen) atoms. The zero-order chi connectivity index (χ0) is 8.55. The van der Waals surface area contributed by atoms with Gasteiger partial charge in [0.1, 0.15) is 0 Å². The number of aromatic amines is 1. The van der Waals surface area contributed by atoms with Crippen LogP contribution in [0.15, 0.2) is 6.33 Å². The van der Waals surface area contributed by atoms with E-state index in [9.17, 15) is 4.79 Å². The maximum absolute atomic E-state index is 10.7. The van der Waals surface area contributed by atoms with Crippen LogP contribution in [0.3, 0.4) is 0 Å². The highest BCUT2D eigenvalue weighted by molar-refractivity contribution is 5.85. The Morgan fingerprint density at radius 3 is 2.80 bits per heavy atom. The molecule has 0 radical (unpaired) electrons. The molecule has 1 aromatic heterocycles. The number of fused-ring (bicyclic) bond motifs is 1. The van der Waals surface area contributed by atoms with Crippen molar-refractivity contribution in [1.29, 1.82) is 0 Å². The fourth-order valence-electron chi connectivity index (χ4n) is 1.42. The topological polar surface area (TPSA) is 110 Å². The minimum atomic E-state index is -0.872. The minimum absolute atomic E-state index is 0. The summed E-state index contributed by atoms with van der Waals surface area (Å²) in [5.74, 6) is -0.872. The van der Waals surface area contributed by atoms with E-state index in [1.54, 1.807) is 0 Å². The summed E-state index contributed by atoms with van der Waals surface area (Å²) in [6.45, 7) is 0.687. The van der Waals surface area contributed by atoms with Gasteiger partial charge in [0.2, 0.25) is 0 Å². The van der Waals surface area contributed by atoms with Crippen LogP contribution in [0, 0.1) is 0 Å². The Bertz CT molecular complexity index is 318. The van der Waals surface area contributed by atoms with Crippen LogP contribution in [0.1, 0.15) is 17.4 Å². The van der Waals surface area contributed by atoms with Crippen molar-refractivity contribution in [1.82, 2.24) is 15.3 Å². The van der Waals surface area contributed by atoms with Crippen LogP contribution in [-0.4, -0.2) is 33.1 Å². The number of nitrogens with one attached hydrogen (secondary N) is 2. The van der Waals surface area contributed by atoms with Crippen molar-refractivity contribution in [3.8, 4) is 0 Å². The first kappa shape index (κ1) is 16.6. The van der Waals surface area contributed by atoms with Crippen LogP contribution in [0.4, 0.5) is 0 Å². The first-order valence-electron chi connectivity index (χ1n) is 3.77. The molecule has 2 rings (SSSR count). The highest BCUT2D eigenvalue weighted by Crippen LogP contribution is 2.18. The number of carboxylic acid groups (broad SMARTS) is 1. The second-order valence-electron chi connectivity index (χ2n) is 2.74. The zero-order valence-corrected chi connectivity index (χ0v) is 9.32. The lowest BCUT2D eigenvalue weighted by atomic mass is 10.1. The summed E-state index contributed by atoms with van der Waals surface area (Å²) >= 11 is 0. The number of carboxylic acids is 1. The molecule has 0 spiro atoms. The van der Waals surface area contributed by atoms with Crippen molar-refractivity contribution >= 4 is 30.8 Å². The third-order valence-corrected chi connectivity index (χ3v) is 2.00. The van der Waals surface area contributed by atoms with E-state index < -0.39 is 12.0 Å². The largest absolute Gasteiger partial charge is 0.480 e. The summed E-state index contributed by atoms with van der Waals surface area (Å²) in [6.07, 6.45) is 2.35. The Kier molecular flexibility index (Phi) is 7.33. The maximum atomic E-state index is 10.7. The molecule has 0 saturated carbocycles. The molecule has 0 aliphatic carbocycles. The molecule has 88 valence electrons. The Hall–Kier alpha value is -0.820. The smallest absolute Gasteiger partial charge is 0.327 e. The van der Waals surface area contributed by atoms with E-state index >= 15 is 0 Å². The average Bonchev–Trinajstić information content (AvgIpc) is 2.49. The van der Waals surface area contributed by atoms with Gasteiger partial charge in [0, 0.05) is 18.7 Å². The molecule has 1 aliphatic heterocycles. The van der Waals surface area contributed by atoms with Crippen LogP contribution in [0.5, 0.6) is 0 Å². The minimum Gasteiger partial charge on any atom is -0.480 e. The monoisotopic (exact) mass is 257 g/mol. The predicted octanol–water partition coefficient (Wildman–Crippen LogP) is -0.300. The Balaban J connectivity index is 0. The lowest BCUT2D eigenvalue weighted by Crippen LogP contribution is -2.35. The average molecular weight is 258 g/mol. The number of aliphatic carboxylic acids is 1. The molecule has 0 bridgehead atoms. The molecule has 6 nitrogen and oxygen atoms in total.